The molecule has 1 spiro atoms. The van der Waals surface area contributed by atoms with E-state index >= 15 is 0 Å². The lowest BCUT2D eigenvalue weighted by Crippen LogP contribution is -2.82. The van der Waals surface area contributed by atoms with Crippen LogP contribution in [-0.2, 0) is 23.7 Å². The lowest BCUT2D eigenvalue weighted by atomic mass is 9.42. The molecule has 1 saturated heterocycles. The first-order chi connectivity index (χ1) is 16.3. The largest absolute Gasteiger partial charge is 0.386 e. The highest BCUT2D eigenvalue weighted by Crippen LogP contribution is 2.80. The lowest BCUT2D eigenvalue weighted by Gasteiger charge is -2.70. The van der Waals surface area contributed by atoms with Crippen molar-refractivity contribution in [1.29, 1.82) is 0 Å². The number of hydrogen-bond donors (Lipinski definition) is 2. The maximum atomic E-state index is 13.1. The monoisotopic (exact) mass is 481 g/mol. The highest BCUT2D eigenvalue weighted by atomic mass is 16.5. The Kier molecular flexibility index (Phi) is 5.38. The zero-order valence-corrected chi connectivity index (χ0v) is 21.5. The second-order valence-corrected chi connectivity index (χ2v) is 12.1. The first kappa shape index (κ1) is 24.0. The minimum atomic E-state index is -1.47. The van der Waals surface area contributed by atoms with Gasteiger partial charge in [0.05, 0.1) is 37.1 Å². The summed E-state index contributed by atoms with van der Waals surface area (Å²) in [6.45, 7) is 4.41. The van der Waals surface area contributed by atoms with Gasteiger partial charge in [-0.25, -0.2) is 0 Å². The van der Waals surface area contributed by atoms with E-state index in [1.54, 1.807) is 28.4 Å². The van der Waals surface area contributed by atoms with Crippen molar-refractivity contribution in [2.75, 3.05) is 55.2 Å². The summed E-state index contributed by atoms with van der Waals surface area (Å²) in [5, 5.41) is 25.9. The van der Waals surface area contributed by atoms with Gasteiger partial charge in [-0.3, -0.25) is 4.90 Å². The van der Waals surface area contributed by atoms with Gasteiger partial charge in [0.1, 0.15) is 11.2 Å². The van der Waals surface area contributed by atoms with Crippen molar-refractivity contribution >= 4 is 0 Å². The van der Waals surface area contributed by atoms with Gasteiger partial charge in [-0.1, -0.05) is 6.92 Å². The van der Waals surface area contributed by atoms with Crippen LogP contribution in [0.5, 0.6) is 0 Å². The minimum absolute atomic E-state index is 0.0262. The van der Waals surface area contributed by atoms with Crippen molar-refractivity contribution in [1.82, 2.24) is 4.90 Å². The molecule has 5 aliphatic carbocycles. The summed E-state index contributed by atoms with van der Waals surface area (Å²) < 4.78 is 30.7. The summed E-state index contributed by atoms with van der Waals surface area (Å²) in [7, 11) is 8.77. The Morgan fingerprint density at radius 2 is 1.76 bits per heavy atom. The predicted molar refractivity (Wildman–Crippen MR) is 123 cm³/mol. The van der Waals surface area contributed by atoms with Crippen LogP contribution < -0.4 is 0 Å². The number of likely N-dealkylation sites (N-methyl/N-ethyl adjacent to an activating group) is 1. The van der Waals surface area contributed by atoms with Gasteiger partial charge in [-0.2, -0.15) is 0 Å². The van der Waals surface area contributed by atoms with E-state index in [0.29, 0.717) is 13.0 Å². The van der Waals surface area contributed by atoms with Gasteiger partial charge >= 0.3 is 0 Å². The van der Waals surface area contributed by atoms with Crippen molar-refractivity contribution in [3.8, 4) is 0 Å². The van der Waals surface area contributed by atoms with Gasteiger partial charge in [0.15, 0.2) is 0 Å². The van der Waals surface area contributed by atoms with Gasteiger partial charge in [0.25, 0.3) is 0 Å². The smallest absolute Gasteiger partial charge is 0.136 e. The maximum Gasteiger partial charge on any atom is 0.136 e. The van der Waals surface area contributed by atoms with Crippen LogP contribution in [0.3, 0.4) is 0 Å². The molecule has 8 heteroatoms. The average molecular weight is 482 g/mol. The zero-order chi connectivity index (χ0) is 24.3. The Morgan fingerprint density at radius 3 is 2.35 bits per heavy atom. The molecule has 1 aliphatic heterocycles. The van der Waals surface area contributed by atoms with Gasteiger partial charge in [-0.05, 0) is 31.7 Å². The first-order valence-corrected chi connectivity index (χ1v) is 13.1. The normalized spacial score (nSPS) is 59.5. The average Bonchev–Trinajstić information content (AvgIpc) is 3.25. The summed E-state index contributed by atoms with van der Waals surface area (Å²) in [5.41, 5.74) is -3.38. The fraction of sp³-hybridized carbons (Fsp3) is 1.00. The van der Waals surface area contributed by atoms with E-state index in [0.717, 1.165) is 32.4 Å². The molecule has 5 saturated carbocycles. The molecule has 6 rings (SSSR count). The van der Waals surface area contributed by atoms with E-state index in [1.165, 1.54) is 0 Å². The molecule has 34 heavy (non-hydrogen) atoms. The summed E-state index contributed by atoms with van der Waals surface area (Å²) >= 11 is 0. The van der Waals surface area contributed by atoms with Crippen LogP contribution in [0.1, 0.15) is 32.6 Å². The molecule has 6 fully saturated rings. The SMILES string of the molecule is CCN1C[C@]2(COC)CC[C@H](OC)[C@]34C1[C@](O)([C@@H](OC)[C@H]23)[C@@]1(O)C[C@H](OC)[C@H]2C[C@@H]4[C@@H]1[C@H]2OC. The summed E-state index contributed by atoms with van der Waals surface area (Å²) in [5.74, 6) is 0.165. The van der Waals surface area contributed by atoms with Gasteiger partial charge in [0, 0.05) is 77.1 Å². The molecule has 2 N–H and O–H groups in total. The summed E-state index contributed by atoms with van der Waals surface area (Å²) in [6.07, 6.45) is 2.30. The quantitative estimate of drug-likeness (QED) is 0.555. The molecule has 0 aromatic carbocycles. The molecular weight excluding hydrogens is 438 g/mol. The van der Waals surface area contributed by atoms with E-state index in [9.17, 15) is 10.2 Å². The van der Waals surface area contributed by atoms with Crippen LogP contribution in [0.2, 0.25) is 0 Å². The second-order valence-electron chi connectivity index (χ2n) is 12.1. The lowest BCUT2D eigenvalue weighted by molar-refractivity contribution is -0.320. The third kappa shape index (κ3) is 2.27. The van der Waals surface area contributed by atoms with Crippen LogP contribution in [0.25, 0.3) is 0 Å². The predicted octanol–water partition coefficient (Wildman–Crippen LogP) is 0.925. The fourth-order valence-electron chi connectivity index (χ4n) is 11.3. The standard InChI is InChI=1S/C26H43NO7/c1-7-27-12-23(13-30-2)9-8-17(32-4)25-15-10-14-16(31-3)11-24(28,18(15)19(14)33-5)26(29,22(25)27)21(34-6)20(23)25/h14-22,28-29H,7-13H2,1-6H3/t14-,15-,16+,17+,18-,19+,20-,21+,22?,23+,24-,25+,26-/m1/s1. The molecule has 1 heterocycles. The number of hydrogen-bond acceptors (Lipinski definition) is 8. The number of fused-ring (bicyclic) bond motifs is 2. The molecule has 0 amide bonds. The van der Waals surface area contributed by atoms with Crippen molar-refractivity contribution in [3.05, 3.63) is 0 Å². The number of likely N-dealkylation sites (tertiary alicyclic amines) is 1. The number of nitrogens with zero attached hydrogens (tertiary/aromatic N) is 1. The van der Waals surface area contributed by atoms with E-state index in [-0.39, 0.29) is 58.9 Å². The second kappa shape index (κ2) is 7.60. The van der Waals surface area contributed by atoms with Crippen molar-refractivity contribution in [2.45, 2.75) is 74.3 Å². The molecular formula is C26H43NO7. The molecule has 0 radical (unpaired) electrons. The third-order valence-corrected chi connectivity index (χ3v) is 11.7. The molecule has 6 aliphatic rings. The van der Waals surface area contributed by atoms with Crippen LogP contribution in [0.15, 0.2) is 0 Å². The Bertz CT molecular complexity index is 829. The third-order valence-electron chi connectivity index (χ3n) is 11.7. The highest BCUT2D eigenvalue weighted by Gasteiger charge is 2.91. The van der Waals surface area contributed by atoms with Crippen LogP contribution in [0.4, 0.5) is 0 Å². The highest BCUT2D eigenvalue weighted by molar-refractivity contribution is 5.41. The number of piperidine rings is 1. The molecule has 1 unspecified atom stereocenters. The topological polar surface area (TPSA) is 89.9 Å². The summed E-state index contributed by atoms with van der Waals surface area (Å²) in [4.78, 5) is 2.43. The Balaban J connectivity index is 1.67. The Labute approximate surface area is 203 Å². The Morgan fingerprint density at radius 1 is 1.00 bits per heavy atom. The number of rotatable bonds is 7. The van der Waals surface area contributed by atoms with Crippen LogP contribution in [0, 0.1) is 34.5 Å². The van der Waals surface area contributed by atoms with Crippen molar-refractivity contribution < 1.29 is 33.9 Å². The molecule has 194 valence electrons. The van der Waals surface area contributed by atoms with Crippen LogP contribution in [-0.4, -0.2) is 112 Å². The molecule has 8 nitrogen and oxygen atoms in total. The van der Waals surface area contributed by atoms with E-state index < -0.39 is 17.3 Å². The van der Waals surface area contributed by atoms with E-state index in [1.807, 2.05) is 7.11 Å². The van der Waals surface area contributed by atoms with Gasteiger partial charge < -0.3 is 33.9 Å². The number of methoxy groups -OCH3 is 5. The Hall–Kier alpha value is -0.320. The zero-order valence-electron chi connectivity index (χ0n) is 21.5. The van der Waals surface area contributed by atoms with Crippen molar-refractivity contribution in [3.63, 3.8) is 0 Å². The van der Waals surface area contributed by atoms with Gasteiger partial charge in [0.2, 0.25) is 0 Å². The summed E-state index contributed by atoms with van der Waals surface area (Å²) in [6, 6.07) is -0.256. The molecule has 0 aromatic rings. The maximum absolute atomic E-state index is 13.1. The number of ether oxygens (including phenoxy) is 5. The molecule has 13 atom stereocenters. The van der Waals surface area contributed by atoms with Crippen molar-refractivity contribution in [2.24, 2.45) is 34.5 Å². The molecule has 0 aromatic heterocycles. The first-order valence-electron chi connectivity index (χ1n) is 13.1. The fourth-order valence-corrected chi connectivity index (χ4v) is 11.3. The van der Waals surface area contributed by atoms with Gasteiger partial charge in [-0.15, -0.1) is 0 Å². The minimum Gasteiger partial charge on any atom is -0.386 e. The number of aliphatic hydroxyl groups is 2. The van der Waals surface area contributed by atoms with Crippen LogP contribution >= 0.6 is 0 Å². The molecule has 7 bridgehead atoms. The van der Waals surface area contributed by atoms with E-state index in [4.69, 9.17) is 23.7 Å². The van der Waals surface area contributed by atoms with E-state index in [2.05, 4.69) is 11.8 Å².